The fourth-order valence-electron chi connectivity index (χ4n) is 5.03. The maximum atomic E-state index is 13.5. The molecule has 0 spiro atoms. The van der Waals surface area contributed by atoms with E-state index in [9.17, 15) is 9.59 Å². The van der Waals surface area contributed by atoms with Crippen LogP contribution in [0.4, 0.5) is 10.7 Å². The predicted molar refractivity (Wildman–Crippen MR) is 156 cm³/mol. The molecule has 39 heavy (non-hydrogen) atoms. The van der Waals surface area contributed by atoms with Crippen molar-refractivity contribution in [3.05, 3.63) is 94.1 Å². The fourth-order valence-corrected chi connectivity index (χ4v) is 6.29. The zero-order valence-electron chi connectivity index (χ0n) is 22.6. The number of benzene rings is 2. The number of hydrogen-bond donors (Lipinski definition) is 1. The Balaban J connectivity index is 1.47. The number of nitrogens with zero attached hydrogens (tertiary/aromatic N) is 1. The van der Waals surface area contributed by atoms with Crippen molar-refractivity contribution in [3.8, 4) is 11.3 Å². The lowest BCUT2D eigenvalue weighted by atomic mass is 9.72. The second-order valence-electron chi connectivity index (χ2n) is 10.8. The van der Waals surface area contributed by atoms with E-state index in [1.54, 1.807) is 41.8 Å². The Morgan fingerprint density at radius 1 is 1.05 bits per heavy atom. The molecule has 0 aliphatic heterocycles. The van der Waals surface area contributed by atoms with Gasteiger partial charge in [0.1, 0.15) is 16.5 Å². The van der Waals surface area contributed by atoms with Crippen molar-refractivity contribution in [1.82, 2.24) is 0 Å². The molecule has 1 amide bonds. The number of nitrogens with one attached hydrogen (secondary N) is 1. The first kappa shape index (κ1) is 26.6. The molecule has 2 aromatic heterocycles. The molecular weight excluding hydrogens is 508 g/mol. The van der Waals surface area contributed by atoms with E-state index >= 15 is 0 Å². The van der Waals surface area contributed by atoms with Crippen LogP contribution in [-0.4, -0.2) is 25.2 Å². The number of aliphatic imine (C=N–C) groups is 1. The number of methoxy groups -OCH3 is 1. The Bertz CT molecular complexity index is 1530. The Kier molecular flexibility index (Phi) is 7.53. The van der Waals surface area contributed by atoms with Crippen molar-refractivity contribution in [2.24, 2.45) is 16.3 Å². The van der Waals surface area contributed by atoms with Crippen LogP contribution in [0.3, 0.4) is 0 Å². The van der Waals surface area contributed by atoms with Gasteiger partial charge < -0.3 is 14.5 Å². The van der Waals surface area contributed by atoms with E-state index in [-0.39, 0.29) is 11.3 Å². The molecule has 200 valence electrons. The summed E-state index contributed by atoms with van der Waals surface area (Å²) in [6.45, 7) is 6.85. The molecule has 0 fully saturated rings. The van der Waals surface area contributed by atoms with Crippen LogP contribution in [0.15, 0.2) is 76.1 Å². The van der Waals surface area contributed by atoms with Gasteiger partial charge in [0, 0.05) is 16.1 Å². The minimum absolute atomic E-state index is 0.146. The number of esters is 1. The van der Waals surface area contributed by atoms with Crippen LogP contribution in [0.2, 0.25) is 0 Å². The number of ether oxygens (including phenoxy) is 1. The normalized spacial score (nSPS) is 15.2. The number of anilines is 1. The van der Waals surface area contributed by atoms with Crippen LogP contribution >= 0.6 is 11.3 Å². The van der Waals surface area contributed by atoms with Gasteiger partial charge in [0.15, 0.2) is 0 Å². The number of carbonyl (C=O) groups excluding carboxylic acids is 2. The minimum atomic E-state index is -0.427. The van der Waals surface area contributed by atoms with Crippen LogP contribution in [0.1, 0.15) is 64.1 Å². The highest BCUT2D eigenvalue weighted by atomic mass is 32.1. The van der Waals surface area contributed by atoms with Crippen LogP contribution in [-0.2, 0) is 17.6 Å². The molecule has 0 saturated carbocycles. The van der Waals surface area contributed by atoms with Gasteiger partial charge in [0.05, 0.1) is 24.5 Å². The lowest BCUT2D eigenvalue weighted by Crippen LogP contribution is -2.27. The highest BCUT2D eigenvalue weighted by Gasteiger charge is 2.33. The number of carbonyl (C=O) groups is 2. The zero-order chi connectivity index (χ0) is 27.6. The fraction of sp³-hybridized carbons (Fsp3) is 0.281. The second kappa shape index (κ2) is 11.0. The summed E-state index contributed by atoms with van der Waals surface area (Å²) in [5, 5.41) is 3.73. The first-order valence-corrected chi connectivity index (χ1v) is 13.9. The Morgan fingerprint density at radius 2 is 1.79 bits per heavy atom. The van der Waals surface area contributed by atoms with Gasteiger partial charge in [0.25, 0.3) is 5.91 Å². The van der Waals surface area contributed by atoms with Crippen molar-refractivity contribution in [3.63, 3.8) is 0 Å². The van der Waals surface area contributed by atoms with E-state index in [0.29, 0.717) is 39.1 Å². The molecule has 0 unspecified atom stereocenters. The molecule has 4 aromatic rings. The van der Waals surface area contributed by atoms with Crippen LogP contribution < -0.4 is 5.32 Å². The van der Waals surface area contributed by atoms with E-state index in [1.165, 1.54) is 12.0 Å². The number of rotatable bonds is 6. The summed E-state index contributed by atoms with van der Waals surface area (Å²) in [6.07, 6.45) is 4.49. The Labute approximate surface area is 232 Å². The van der Waals surface area contributed by atoms with Crippen molar-refractivity contribution in [2.75, 3.05) is 12.4 Å². The average Bonchev–Trinajstić information content (AvgIpc) is 3.55. The van der Waals surface area contributed by atoms with Gasteiger partial charge in [-0.3, -0.25) is 4.79 Å². The van der Waals surface area contributed by atoms with Crippen LogP contribution in [0, 0.1) is 11.3 Å². The van der Waals surface area contributed by atoms with Gasteiger partial charge in [-0.1, -0.05) is 57.2 Å². The number of fused-ring (bicyclic) bond motifs is 1. The van der Waals surface area contributed by atoms with Crippen molar-refractivity contribution >= 4 is 40.1 Å². The molecule has 7 heteroatoms. The lowest BCUT2D eigenvalue weighted by Gasteiger charge is -2.33. The smallest absolute Gasteiger partial charge is 0.338 e. The number of hydrogen-bond acceptors (Lipinski definition) is 6. The highest BCUT2D eigenvalue weighted by molar-refractivity contribution is 7.16. The molecule has 0 radical (unpaired) electrons. The number of furan rings is 1. The van der Waals surface area contributed by atoms with Crippen molar-refractivity contribution in [2.45, 2.75) is 40.0 Å². The van der Waals surface area contributed by atoms with E-state index in [0.717, 1.165) is 30.5 Å². The summed E-state index contributed by atoms with van der Waals surface area (Å²) < 4.78 is 10.9. The monoisotopic (exact) mass is 540 g/mol. The third kappa shape index (κ3) is 5.73. The first-order chi connectivity index (χ1) is 18.7. The zero-order valence-corrected chi connectivity index (χ0v) is 23.4. The molecule has 1 N–H and O–H groups in total. The number of para-hydroxylation sites is 1. The first-order valence-electron chi connectivity index (χ1n) is 13.1. The van der Waals surface area contributed by atoms with Gasteiger partial charge in [-0.05, 0) is 66.5 Å². The molecule has 6 nitrogen and oxygen atoms in total. The van der Waals surface area contributed by atoms with Gasteiger partial charge in [-0.25, -0.2) is 9.79 Å². The third-order valence-corrected chi connectivity index (χ3v) is 8.43. The van der Waals surface area contributed by atoms with Crippen molar-refractivity contribution < 1.29 is 18.7 Å². The highest BCUT2D eigenvalue weighted by Crippen LogP contribution is 2.45. The average molecular weight is 541 g/mol. The largest absolute Gasteiger partial charge is 0.465 e. The summed E-state index contributed by atoms with van der Waals surface area (Å²) in [4.78, 5) is 31.7. The Hall–Kier alpha value is -3.97. The van der Waals surface area contributed by atoms with Crippen LogP contribution in [0.25, 0.3) is 11.3 Å². The molecule has 2 heterocycles. The SMILES string of the molecule is COC(=O)c1ccccc1-c1ccc(C=Nc2sc3c(c2C(=O)Nc2ccccc2)CC[C@H](C(C)(C)C)C3)o1. The molecule has 1 aliphatic rings. The molecule has 1 atom stereocenters. The van der Waals surface area contributed by atoms with E-state index < -0.39 is 5.97 Å². The summed E-state index contributed by atoms with van der Waals surface area (Å²) in [5.74, 6) is 1.04. The molecule has 0 bridgehead atoms. The van der Waals surface area contributed by atoms with Crippen LogP contribution in [0.5, 0.6) is 0 Å². The molecule has 0 saturated heterocycles. The van der Waals surface area contributed by atoms with Crippen molar-refractivity contribution in [1.29, 1.82) is 0 Å². The van der Waals surface area contributed by atoms with Gasteiger partial charge in [-0.2, -0.15) is 0 Å². The maximum Gasteiger partial charge on any atom is 0.338 e. The van der Waals surface area contributed by atoms with E-state index in [2.05, 4.69) is 26.1 Å². The van der Waals surface area contributed by atoms with E-state index in [4.69, 9.17) is 14.1 Å². The topological polar surface area (TPSA) is 80.9 Å². The summed E-state index contributed by atoms with van der Waals surface area (Å²) >= 11 is 1.59. The predicted octanol–water partition coefficient (Wildman–Crippen LogP) is 7.95. The minimum Gasteiger partial charge on any atom is -0.465 e. The van der Waals surface area contributed by atoms with Gasteiger partial charge in [-0.15, -0.1) is 11.3 Å². The third-order valence-electron chi connectivity index (χ3n) is 7.26. The van der Waals surface area contributed by atoms with Gasteiger partial charge in [0.2, 0.25) is 0 Å². The summed E-state index contributed by atoms with van der Waals surface area (Å²) in [5.41, 5.74) is 3.77. The second-order valence-corrected chi connectivity index (χ2v) is 11.9. The molecule has 5 rings (SSSR count). The molecule has 1 aliphatic carbocycles. The molecular formula is C32H32N2O4S. The van der Waals surface area contributed by atoms with E-state index in [1.807, 2.05) is 42.5 Å². The van der Waals surface area contributed by atoms with Gasteiger partial charge >= 0.3 is 5.97 Å². The number of amides is 1. The maximum absolute atomic E-state index is 13.5. The Morgan fingerprint density at radius 3 is 2.54 bits per heavy atom. The molecule has 2 aromatic carbocycles. The summed E-state index contributed by atoms with van der Waals surface area (Å²) in [7, 11) is 1.36. The standard InChI is InChI=1S/C32H32N2O4S/c1-32(2,3)20-14-16-25-27(18-20)39-30(28(25)29(35)34-21-10-6-5-7-11-21)33-19-22-15-17-26(38-22)23-12-8-9-13-24(23)31(36)37-4/h5-13,15,17,19-20H,14,16,18H2,1-4H3,(H,34,35)/t20-/m0/s1. The lowest BCUT2D eigenvalue weighted by molar-refractivity contribution is 0.0601. The summed E-state index contributed by atoms with van der Waals surface area (Å²) in [6, 6.07) is 20.2. The number of thiophene rings is 1. The quantitative estimate of drug-likeness (QED) is 0.199.